The fourth-order valence-corrected chi connectivity index (χ4v) is 6.57. The van der Waals surface area contributed by atoms with Gasteiger partial charge in [0.05, 0.1) is 21.4 Å². The first-order chi connectivity index (χ1) is 16.4. The summed E-state index contributed by atoms with van der Waals surface area (Å²) < 4.78 is 0. The first-order valence-electron chi connectivity index (χ1n) is 10.3. The van der Waals surface area contributed by atoms with Gasteiger partial charge in [0.25, 0.3) is 0 Å². The topological polar surface area (TPSA) is 6.48 Å². The van der Waals surface area contributed by atoms with Crippen LogP contribution in [0.2, 0.25) is 10.0 Å². The molecule has 0 saturated heterocycles. The maximum atomic E-state index is 6.51. The zero-order valence-electron chi connectivity index (χ0n) is 17.2. The maximum absolute atomic E-state index is 6.51. The molecule has 8 heteroatoms. The van der Waals surface area contributed by atoms with Gasteiger partial charge in [-0.05, 0) is 24.3 Å². The Kier molecular flexibility index (Phi) is 5.30. The fourth-order valence-electron chi connectivity index (χ4n) is 4.58. The van der Waals surface area contributed by atoms with Crippen LogP contribution in [0.5, 0.6) is 0 Å². The summed E-state index contributed by atoms with van der Waals surface area (Å²) in [5.41, 5.74) is 5.11. The van der Waals surface area contributed by atoms with Gasteiger partial charge in [-0.2, -0.15) is 0 Å². The van der Waals surface area contributed by atoms with E-state index < -0.39 is 0 Å². The van der Waals surface area contributed by atoms with Crippen molar-refractivity contribution in [2.45, 2.75) is 0 Å². The first-order valence-corrected chi connectivity index (χ1v) is 12.7. The quantitative estimate of drug-likeness (QED) is 0.232. The Morgan fingerprint density at radius 2 is 0.735 bits per heavy atom. The molecule has 0 atom stereocenters. The highest BCUT2D eigenvalue weighted by Gasteiger charge is 2.36. The summed E-state index contributed by atoms with van der Waals surface area (Å²) in [4.78, 5) is 6.11. The summed E-state index contributed by atoms with van der Waals surface area (Å²) in [5.74, 6) is 0. The Morgan fingerprint density at radius 1 is 0.441 bits per heavy atom. The maximum Gasteiger partial charge on any atom is 0.119 e. The van der Waals surface area contributed by atoms with E-state index in [1.54, 1.807) is 0 Å². The van der Waals surface area contributed by atoms with Crippen molar-refractivity contribution < 1.29 is 0 Å². The third kappa shape index (κ3) is 3.04. The number of anilines is 2. The van der Waals surface area contributed by atoms with E-state index in [1.165, 1.54) is 0 Å². The molecule has 0 N–H and O–H groups in total. The predicted molar refractivity (Wildman–Crippen MR) is 159 cm³/mol. The van der Waals surface area contributed by atoms with E-state index in [1.807, 2.05) is 82.6 Å². The molecule has 2 aliphatic heterocycles. The molecule has 34 heavy (non-hydrogen) atoms. The van der Waals surface area contributed by atoms with Crippen LogP contribution in [0.25, 0.3) is 10.8 Å². The normalized spacial score (nSPS) is 14.9. The number of hydrogen-bond acceptors (Lipinski definition) is 4. The minimum Gasteiger partial charge on any atom is -0.289 e. The van der Waals surface area contributed by atoms with E-state index in [0.717, 1.165) is 44.4 Å². The monoisotopic (exact) mass is 550 g/mol. The average molecular weight is 552 g/mol. The molecule has 0 amide bonds. The van der Waals surface area contributed by atoms with Gasteiger partial charge in [0, 0.05) is 33.0 Å². The number of hydrogen-bond donors (Lipinski definition) is 0. The zero-order chi connectivity index (χ0) is 23.7. The highest BCUT2D eigenvalue weighted by molar-refractivity contribution is 7.83. The van der Waals surface area contributed by atoms with E-state index in [0.29, 0.717) is 30.0 Å². The third-order valence-electron chi connectivity index (χ3n) is 6.08. The second kappa shape index (κ2) is 8.12. The molecule has 0 unspecified atom stereocenters. The molecular formula is C26H12Cl2N2S4. The van der Waals surface area contributed by atoms with Crippen LogP contribution in [0.3, 0.4) is 0 Å². The van der Waals surface area contributed by atoms with Gasteiger partial charge in [-0.15, -0.1) is 0 Å². The highest BCUT2D eigenvalue weighted by Crippen LogP contribution is 2.42. The van der Waals surface area contributed by atoms with Crippen molar-refractivity contribution in [3.63, 3.8) is 0 Å². The summed E-state index contributed by atoms with van der Waals surface area (Å²) >= 11 is 36.8. The van der Waals surface area contributed by atoms with Crippen LogP contribution in [0.4, 0.5) is 11.4 Å². The molecule has 0 aliphatic carbocycles. The molecule has 4 aromatic carbocycles. The molecule has 164 valence electrons. The van der Waals surface area contributed by atoms with E-state index in [4.69, 9.17) is 72.1 Å². The van der Waals surface area contributed by atoms with Crippen LogP contribution in [-0.4, -0.2) is 20.0 Å². The largest absolute Gasteiger partial charge is 0.289 e. The minimum atomic E-state index is 0.582. The van der Waals surface area contributed by atoms with Gasteiger partial charge in [0.15, 0.2) is 0 Å². The van der Waals surface area contributed by atoms with Gasteiger partial charge in [0.1, 0.15) is 20.0 Å². The lowest BCUT2D eigenvalue weighted by Crippen LogP contribution is -2.42. The smallest absolute Gasteiger partial charge is 0.119 e. The van der Waals surface area contributed by atoms with Crippen molar-refractivity contribution in [1.82, 2.24) is 0 Å². The Balaban J connectivity index is 1.59. The summed E-state index contributed by atoms with van der Waals surface area (Å²) in [6, 6.07) is 23.1. The Morgan fingerprint density at radius 3 is 1.03 bits per heavy atom. The predicted octanol–water partition coefficient (Wildman–Crippen LogP) is 7.89. The van der Waals surface area contributed by atoms with Gasteiger partial charge in [-0.3, -0.25) is 9.80 Å². The molecule has 2 nitrogen and oxygen atoms in total. The minimum absolute atomic E-state index is 0.582. The van der Waals surface area contributed by atoms with Crippen LogP contribution < -0.4 is 9.80 Å². The molecule has 2 heterocycles. The van der Waals surface area contributed by atoms with Gasteiger partial charge >= 0.3 is 0 Å². The van der Waals surface area contributed by atoms with Crippen LogP contribution in [-0.2, 0) is 0 Å². The van der Waals surface area contributed by atoms with Crippen LogP contribution >= 0.6 is 72.1 Å². The van der Waals surface area contributed by atoms with Crippen molar-refractivity contribution in [2.24, 2.45) is 0 Å². The van der Waals surface area contributed by atoms with Crippen molar-refractivity contribution >= 4 is 114 Å². The third-order valence-corrected chi connectivity index (χ3v) is 8.33. The number of para-hydroxylation sites is 2. The molecule has 0 saturated carbocycles. The highest BCUT2D eigenvalue weighted by atomic mass is 35.5. The summed E-state index contributed by atoms with van der Waals surface area (Å²) in [6.45, 7) is 0. The average Bonchev–Trinajstić information content (AvgIpc) is 2.83. The van der Waals surface area contributed by atoms with Crippen LogP contribution in [0, 0.1) is 0 Å². The van der Waals surface area contributed by atoms with Crippen molar-refractivity contribution in [1.29, 1.82) is 0 Å². The summed E-state index contributed by atoms with van der Waals surface area (Å²) in [7, 11) is 0. The molecule has 0 aromatic heterocycles. The molecular weight excluding hydrogens is 539 g/mol. The zero-order valence-corrected chi connectivity index (χ0v) is 22.0. The SMILES string of the molecule is S=C1c2ccc3c4c(ccc(c24)C(=S)N1c1ccccc1Cl)C(=S)N(c1ccccc1Cl)C3=S. The second-order valence-electron chi connectivity index (χ2n) is 7.87. The lowest BCUT2D eigenvalue weighted by molar-refractivity contribution is 1.40. The molecule has 6 rings (SSSR count). The summed E-state index contributed by atoms with van der Waals surface area (Å²) in [5, 5.41) is 3.10. The first kappa shape index (κ1) is 22.2. The van der Waals surface area contributed by atoms with E-state index in [2.05, 4.69) is 0 Å². The van der Waals surface area contributed by atoms with Crippen LogP contribution in [0.15, 0.2) is 72.8 Å². The van der Waals surface area contributed by atoms with E-state index >= 15 is 0 Å². The van der Waals surface area contributed by atoms with Crippen LogP contribution in [0.1, 0.15) is 22.3 Å². The van der Waals surface area contributed by atoms with Gasteiger partial charge in [-0.1, -0.05) is 121 Å². The van der Waals surface area contributed by atoms with E-state index in [-0.39, 0.29) is 0 Å². The summed E-state index contributed by atoms with van der Waals surface area (Å²) in [6.07, 6.45) is 0. The molecule has 0 bridgehead atoms. The van der Waals surface area contributed by atoms with Crippen molar-refractivity contribution in [2.75, 3.05) is 9.80 Å². The lowest BCUT2D eigenvalue weighted by Gasteiger charge is -2.37. The second-order valence-corrected chi connectivity index (χ2v) is 10.2. The molecule has 0 spiro atoms. The van der Waals surface area contributed by atoms with E-state index in [9.17, 15) is 0 Å². The number of nitrogens with zero attached hydrogens (tertiary/aromatic N) is 2. The molecule has 4 aromatic rings. The standard InChI is InChI=1S/C26H12Cl2N2S4/c27-17-5-1-3-7-19(17)29-23(31)13-9-11-15-22-16(12-10-14(21(13)22)24(29)32)26(34)30(25(15)33)20-8-4-2-6-18(20)28/h1-12H. The molecule has 0 fully saturated rings. The number of benzene rings is 4. The van der Waals surface area contributed by atoms with Gasteiger partial charge < -0.3 is 0 Å². The number of rotatable bonds is 2. The van der Waals surface area contributed by atoms with Gasteiger partial charge in [0.2, 0.25) is 0 Å². The number of halogens is 2. The van der Waals surface area contributed by atoms with Crippen molar-refractivity contribution in [3.05, 3.63) is 105 Å². The van der Waals surface area contributed by atoms with Gasteiger partial charge in [-0.25, -0.2) is 0 Å². The lowest BCUT2D eigenvalue weighted by atomic mass is 9.86. The number of thiocarbonyl (C=S) groups is 4. The van der Waals surface area contributed by atoms with Crippen molar-refractivity contribution in [3.8, 4) is 0 Å². The Hall–Kier alpha value is -2.32. The fraction of sp³-hybridized carbons (Fsp3) is 0. The Labute approximate surface area is 227 Å². The molecule has 2 aliphatic rings. The molecule has 0 radical (unpaired) electrons. The Bertz CT molecular complexity index is 1440.